The Morgan fingerprint density at radius 1 is 1.07 bits per heavy atom. The van der Waals surface area contributed by atoms with Gasteiger partial charge in [0.2, 0.25) is 0 Å². The SMILES string of the molecule is CC(C)c1cccc(C(C)C)c1-n1cnnc1-c1[c-]nc2ocnc2n1.[Ir]. The van der Waals surface area contributed by atoms with Gasteiger partial charge in [-0.05, 0) is 29.2 Å². The number of hydrogen-bond acceptors (Lipinski definition) is 6. The first-order chi connectivity index (χ1) is 12.6. The number of rotatable bonds is 4. The van der Waals surface area contributed by atoms with Crippen molar-refractivity contribution in [1.29, 1.82) is 0 Å². The van der Waals surface area contributed by atoms with Gasteiger partial charge < -0.3 is 14.0 Å². The molecule has 0 unspecified atom stereocenters. The van der Waals surface area contributed by atoms with Gasteiger partial charge in [-0.1, -0.05) is 45.9 Å². The Morgan fingerprint density at radius 3 is 2.44 bits per heavy atom. The number of benzene rings is 1. The van der Waals surface area contributed by atoms with E-state index >= 15 is 0 Å². The van der Waals surface area contributed by atoms with Crippen LogP contribution in [0.15, 0.2) is 35.3 Å². The van der Waals surface area contributed by atoms with E-state index < -0.39 is 0 Å². The van der Waals surface area contributed by atoms with Gasteiger partial charge in [0, 0.05) is 31.5 Å². The van der Waals surface area contributed by atoms with E-state index in [0.29, 0.717) is 34.7 Å². The van der Waals surface area contributed by atoms with Crippen LogP contribution < -0.4 is 0 Å². The molecule has 0 bridgehead atoms. The number of hydrogen-bond donors (Lipinski definition) is 0. The molecule has 1 radical (unpaired) electrons. The molecule has 4 rings (SSSR count). The maximum atomic E-state index is 5.15. The minimum absolute atomic E-state index is 0. The Hall–Kier alpha value is -2.44. The van der Waals surface area contributed by atoms with Gasteiger partial charge in [-0.15, -0.1) is 0 Å². The number of fused-ring (bicyclic) bond motifs is 1. The summed E-state index contributed by atoms with van der Waals surface area (Å²) in [5, 5.41) is 8.40. The fraction of sp³-hybridized carbons (Fsp3) is 0.316. The average Bonchev–Trinajstić information content (AvgIpc) is 3.29. The second-order valence-electron chi connectivity index (χ2n) is 6.78. The van der Waals surface area contributed by atoms with Crippen LogP contribution in [0.1, 0.15) is 50.7 Å². The Balaban J connectivity index is 0.00000210. The quantitative estimate of drug-likeness (QED) is 0.366. The predicted molar refractivity (Wildman–Crippen MR) is 97.0 cm³/mol. The second kappa shape index (κ2) is 7.66. The summed E-state index contributed by atoms with van der Waals surface area (Å²) >= 11 is 0. The summed E-state index contributed by atoms with van der Waals surface area (Å²) < 4.78 is 7.12. The van der Waals surface area contributed by atoms with Crippen LogP contribution in [0.5, 0.6) is 0 Å². The van der Waals surface area contributed by atoms with Crippen molar-refractivity contribution in [3.63, 3.8) is 0 Å². The molecule has 3 heterocycles. The molecule has 4 aromatic rings. The molecule has 7 nitrogen and oxygen atoms in total. The molecular weight excluding hydrogens is 520 g/mol. The van der Waals surface area contributed by atoms with Crippen molar-refractivity contribution in [1.82, 2.24) is 29.7 Å². The summed E-state index contributed by atoms with van der Waals surface area (Å²) in [5.41, 5.74) is 4.81. The molecule has 0 amide bonds. The summed E-state index contributed by atoms with van der Waals surface area (Å²) in [7, 11) is 0. The Bertz CT molecular complexity index is 1040. The van der Waals surface area contributed by atoms with Crippen LogP contribution in [0.3, 0.4) is 0 Å². The van der Waals surface area contributed by atoms with Crippen molar-refractivity contribution in [2.75, 3.05) is 0 Å². The maximum absolute atomic E-state index is 5.15. The average molecular weight is 540 g/mol. The van der Waals surface area contributed by atoms with E-state index in [-0.39, 0.29) is 20.1 Å². The summed E-state index contributed by atoms with van der Waals surface area (Å²) in [6.07, 6.45) is 5.92. The fourth-order valence-corrected chi connectivity index (χ4v) is 3.07. The molecule has 8 heteroatoms. The monoisotopic (exact) mass is 540 g/mol. The van der Waals surface area contributed by atoms with E-state index in [2.05, 4.69) is 77.2 Å². The van der Waals surface area contributed by atoms with Crippen LogP contribution in [0.25, 0.3) is 28.6 Å². The van der Waals surface area contributed by atoms with Crippen LogP contribution in [0, 0.1) is 6.20 Å². The van der Waals surface area contributed by atoms with Crippen molar-refractivity contribution in [2.24, 2.45) is 0 Å². The molecule has 141 valence electrons. The summed E-state index contributed by atoms with van der Waals surface area (Å²) in [6.45, 7) is 8.72. The molecule has 0 aliphatic rings. The topological polar surface area (TPSA) is 82.5 Å². The van der Waals surface area contributed by atoms with Crippen molar-refractivity contribution in [2.45, 2.75) is 39.5 Å². The number of nitrogens with zero attached hydrogens (tertiary/aromatic N) is 6. The fourth-order valence-electron chi connectivity index (χ4n) is 3.07. The molecule has 0 fully saturated rings. The number of oxazole rings is 1. The third-order valence-corrected chi connectivity index (χ3v) is 4.35. The minimum Gasteiger partial charge on any atom is -0.484 e. The zero-order valence-corrected chi connectivity index (χ0v) is 17.9. The van der Waals surface area contributed by atoms with Gasteiger partial charge in [-0.3, -0.25) is 4.98 Å². The molecule has 3 aromatic heterocycles. The minimum atomic E-state index is 0. The molecule has 27 heavy (non-hydrogen) atoms. The van der Waals surface area contributed by atoms with E-state index in [0.717, 1.165) is 5.69 Å². The van der Waals surface area contributed by atoms with Crippen molar-refractivity contribution in [3.05, 3.63) is 48.2 Å². The molecular formula is C19H19IrN6O-. The van der Waals surface area contributed by atoms with E-state index in [4.69, 9.17) is 4.42 Å². The van der Waals surface area contributed by atoms with Crippen LogP contribution in [-0.4, -0.2) is 29.7 Å². The molecule has 0 saturated carbocycles. The Kier molecular flexibility index (Phi) is 5.48. The second-order valence-corrected chi connectivity index (χ2v) is 6.78. The number of para-hydroxylation sites is 1. The van der Waals surface area contributed by atoms with Gasteiger partial charge in [-0.25, -0.2) is 4.98 Å². The van der Waals surface area contributed by atoms with Gasteiger partial charge >= 0.3 is 0 Å². The normalized spacial score (nSPS) is 11.3. The van der Waals surface area contributed by atoms with Crippen LogP contribution in [0.2, 0.25) is 0 Å². The van der Waals surface area contributed by atoms with Gasteiger partial charge in [-0.2, -0.15) is 10.2 Å². The van der Waals surface area contributed by atoms with Crippen LogP contribution in [0.4, 0.5) is 0 Å². The zero-order valence-electron chi connectivity index (χ0n) is 15.5. The maximum Gasteiger partial charge on any atom is 0.169 e. The zero-order chi connectivity index (χ0) is 18.3. The first-order valence-electron chi connectivity index (χ1n) is 8.58. The van der Waals surface area contributed by atoms with Crippen molar-refractivity contribution < 1.29 is 24.5 Å². The van der Waals surface area contributed by atoms with Crippen LogP contribution in [-0.2, 0) is 20.1 Å². The van der Waals surface area contributed by atoms with E-state index in [1.807, 2.05) is 4.57 Å². The number of aromatic nitrogens is 6. The predicted octanol–water partition coefficient (Wildman–Crippen LogP) is 3.91. The first-order valence-corrected chi connectivity index (χ1v) is 8.58. The van der Waals surface area contributed by atoms with E-state index in [1.165, 1.54) is 17.5 Å². The molecule has 0 aliphatic carbocycles. The van der Waals surface area contributed by atoms with Crippen molar-refractivity contribution >= 4 is 11.4 Å². The van der Waals surface area contributed by atoms with E-state index in [1.54, 1.807) is 6.33 Å². The summed E-state index contributed by atoms with van der Waals surface area (Å²) in [6, 6.07) is 6.39. The standard InChI is InChI=1S/C19H19N6O.Ir/c1-11(2)13-6-5-7-14(12(3)4)16(13)25-9-22-24-18(25)15-8-20-19-17(23-15)21-10-26-19;/h5-7,9-12H,1-4H3;/q-1;. The molecule has 1 aromatic carbocycles. The summed E-state index contributed by atoms with van der Waals surface area (Å²) in [4.78, 5) is 12.7. The third-order valence-electron chi connectivity index (χ3n) is 4.35. The Morgan fingerprint density at radius 2 is 1.78 bits per heavy atom. The largest absolute Gasteiger partial charge is 0.484 e. The first kappa shape index (κ1) is 19.3. The molecule has 0 atom stereocenters. The van der Waals surface area contributed by atoms with Gasteiger partial charge in [0.1, 0.15) is 6.33 Å². The van der Waals surface area contributed by atoms with Gasteiger partial charge in [0.25, 0.3) is 0 Å². The van der Waals surface area contributed by atoms with Crippen molar-refractivity contribution in [3.8, 4) is 17.2 Å². The molecule has 0 aliphatic heterocycles. The van der Waals surface area contributed by atoms with Gasteiger partial charge in [0.05, 0.1) is 5.82 Å². The molecule has 0 saturated heterocycles. The van der Waals surface area contributed by atoms with Crippen LogP contribution >= 0.6 is 0 Å². The third kappa shape index (κ3) is 3.42. The van der Waals surface area contributed by atoms with E-state index in [9.17, 15) is 0 Å². The molecule has 0 N–H and O–H groups in total. The van der Waals surface area contributed by atoms with Gasteiger partial charge in [0.15, 0.2) is 17.8 Å². The Labute approximate surface area is 170 Å². The summed E-state index contributed by atoms with van der Waals surface area (Å²) in [5.74, 6) is 1.29. The smallest absolute Gasteiger partial charge is 0.169 e. The molecule has 0 spiro atoms.